The number of benzene rings is 6. The predicted octanol–water partition coefficient (Wildman–Crippen LogP) is 9.14. The summed E-state index contributed by atoms with van der Waals surface area (Å²) >= 11 is 1.28. The molecule has 6 aromatic rings. The Morgan fingerprint density at radius 3 is 1.90 bits per heavy atom. The van der Waals surface area contributed by atoms with Crippen molar-refractivity contribution in [2.75, 3.05) is 10.6 Å². The smallest absolute Gasteiger partial charge is 0.272 e. The molecule has 256 valence electrons. The minimum absolute atomic E-state index is 0.0454. The van der Waals surface area contributed by atoms with Crippen LogP contribution < -0.4 is 16.0 Å². The molecular weight excluding hydrogens is 673 g/mol. The maximum atomic E-state index is 13.8. The Morgan fingerprint density at radius 2 is 1.25 bits per heavy atom. The Labute approximate surface area is 304 Å². The zero-order chi connectivity index (χ0) is 36.3. The van der Waals surface area contributed by atoms with Gasteiger partial charge in [-0.3, -0.25) is 24.5 Å². The largest absolute Gasteiger partial charge is 0.325 e. The van der Waals surface area contributed by atoms with Crippen molar-refractivity contribution >= 4 is 52.6 Å². The van der Waals surface area contributed by atoms with Gasteiger partial charge < -0.3 is 16.0 Å². The van der Waals surface area contributed by atoms with Gasteiger partial charge >= 0.3 is 0 Å². The third-order valence-electron chi connectivity index (χ3n) is 7.89. The van der Waals surface area contributed by atoms with Crippen LogP contribution >= 0.6 is 11.8 Å². The molecule has 0 saturated heterocycles. The van der Waals surface area contributed by atoms with Crippen LogP contribution in [0.4, 0.5) is 17.1 Å². The van der Waals surface area contributed by atoms with E-state index in [1.807, 2.05) is 91.0 Å². The van der Waals surface area contributed by atoms with Crippen molar-refractivity contribution in [3.8, 4) is 11.1 Å². The molecule has 0 fully saturated rings. The molecule has 0 radical (unpaired) electrons. The van der Waals surface area contributed by atoms with E-state index in [9.17, 15) is 24.5 Å². The summed E-state index contributed by atoms with van der Waals surface area (Å²) in [6, 6.07) is 48.2. The fraction of sp³-hybridized carbons (Fsp3) is 0.0238. The minimum Gasteiger partial charge on any atom is -0.325 e. The van der Waals surface area contributed by atoms with Gasteiger partial charge in [-0.2, -0.15) is 0 Å². The van der Waals surface area contributed by atoms with Gasteiger partial charge in [-0.1, -0.05) is 109 Å². The molecule has 3 N–H and O–H groups in total. The quantitative estimate of drug-likeness (QED) is 0.0504. The Hall–Kier alpha value is -6.78. The molecule has 52 heavy (non-hydrogen) atoms. The van der Waals surface area contributed by atoms with Gasteiger partial charge in [-0.15, -0.1) is 11.8 Å². The van der Waals surface area contributed by atoms with Crippen LogP contribution in [0, 0.1) is 10.1 Å². The van der Waals surface area contributed by atoms with E-state index in [-0.39, 0.29) is 17.3 Å². The molecule has 0 aliphatic heterocycles. The predicted molar refractivity (Wildman–Crippen MR) is 206 cm³/mol. The summed E-state index contributed by atoms with van der Waals surface area (Å²) in [5.74, 6) is -1.29. The first-order valence-corrected chi connectivity index (χ1v) is 17.1. The van der Waals surface area contributed by atoms with Crippen molar-refractivity contribution in [3.05, 3.63) is 196 Å². The SMILES string of the molecule is O=C(Nc1cccc(SC(C(=O)Nc2ccc([N+](=O)[O-])cc2)c2ccccc2)c1)/C(=C\c1ccc(-c2ccccc2)cc1)NC(=O)c1ccccc1. The lowest BCUT2D eigenvalue weighted by Crippen LogP contribution is -2.30. The number of amides is 3. The van der Waals surface area contributed by atoms with E-state index < -0.39 is 22.0 Å². The highest BCUT2D eigenvalue weighted by molar-refractivity contribution is 8.00. The van der Waals surface area contributed by atoms with Gasteiger partial charge in [0.25, 0.3) is 17.5 Å². The number of nitro groups is 1. The summed E-state index contributed by atoms with van der Waals surface area (Å²) in [6.45, 7) is 0. The molecule has 6 aromatic carbocycles. The second-order valence-electron chi connectivity index (χ2n) is 11.5. The zero-order valence-corrected chi connectivity index (χ0v) is 28.5. The lowest BCUT2D eigenvalue weighted by atomic mass is 10.0. The molecule has 0 saturated carbocycles. The van der Waals surface area contributed by atoms with E-state index in [1.165, 1.54) is 36.0 Å². The van der Waals surface area contributed by atoms with Gasteiger partial charge in [-0.05, 0) is 70.8 Å². The molecule has 0 bridgehead atoms. The van der Waals surface area contributed by atoms with Crippen molar-refractivity contribution in [1.29, 1.82) is 0 Å². The number of nitrogens with zero attached hydrogens (tertiary/aromatic N) is 1. The molecular formula is C42H32N4O5S. The summed E-state index contributed by atoms with van der Waals surface area (Å²) in [4.78, 5) is 51.9. The number of carbonyl (C=O) groups excluding carboxylic acids is 3. The van der Waals surface area contributed by atoms with Crippen LogP contribution in [0.15, 0.2) is 174 Å². The third kappa shape index (κ3) is 9.26. The van der Waals surface area contributed by atoms with Crippen molar-refractivity contribution in [1.82, 2.24) is 5.32 Å². The van der Waals surface area contributed by atoms with Crippen molar-refractivity contribution < 1.29 is 19.3 Å². The van der Waals surface area contributed by atoms with Crippen molar-refractivity contribution in [2.24, 2.45) is 0 Å². The Balaban J connectivity index is 1.23. The topological polar surface area (TPSA) is 130 Å². The first kappa shape index (κ1) is 35.1. The van der Waals surface area contributed by atoms with Crippen LogP contribution in [-0.4, -0.2) is 22.6 Å². The minimum atomic E-state index is -0.693. The zero-order valence-electron chi connectivity index (χ0n) is 27.6. The lowest BCUT2D eigenvalue weighted by molar-refractivity contribution is -0.384. The van der Waals surface area contributed by atoms with Crippen LogP contribution in [0.25, 0.3) is 17.2 Å². The summed E-state index contributed by atoms with van der Waals surface area (Å²) in [5, 5.41) is 18.9. The molecule has 10 heteroatoms. The molecule has 0 aromatic heterocycles. The third-order valence-corrected chi connectivity index (χ3v) is 9.14. The monoisotopic (exact) mass is 704 g/mol. The van der Waals surface area contributed by atoms with Gasteiger partial charge in [0.2, 0.25) is 5.91 Å². The highest BCUT2D eigenvalue weighted by Gasteiger charge is 2.23. The van der Waals surface area contributed by atoms with Crippen LogP contribution in [0.2, 0.25) is 0 Å². The van der Waals surface area contributed by atoms with E-state index in [2.05, 4.69) is 16.0 Å². The Kier molecular flexibility index (Phi) is 11.3. The fourth-order valence-electron chi connectivity index (χ4n) is 5.27. The lowest BCUT2D eigenvalue weighted by Gasteiger charge is -2.18. The molecule has 0 aliphatic carbocycles. The Morgan fingerprint density at radius 1 is 0.635 bits per heavy atom. The first-order chi connectivity index (χ1) is 25.3. The van der Waals surface area contributed by atoms with Gasteiger partial charge in [0.1, 0.15) is 10.9 Å². The second kappa shape index (κ2) is 16.8. The molecule has 0 heterocycles. The van der Waals surface area contributed by atoms with E-state index in [1.54, 1.807) is 54.6 Å². The van der Waals surface area contributed by atoms with Gasteiger partial charge in [-0.25, -0.2) is 0 Å². The van der Waals surface area contributed by atoms with Crippen LogP contribution in [0.3, 0.4) is 0 Å². The van der Waals surface area contributed by atoms with Crippen LogP contribution in [0.5, 0.6) is 0 Å². The first-order valence-electron chi connectivity index (χ1n) is 16.2. The molecule has 1 unspecified atom stereocenters. The average molecular weight is 705 g/mol. The van der Waals surface area contributed by atoms with Crippen molar-refractivity contribution in [3.63, 3.8) is 0 Å². The summed E-state index contributed by atoms with van der Waals surface area (Å²) in [5.41, 5.74) is 4.78. The van der Waals surface area contributed by atoms with E-state index in [0.717, 1.165) is 16.7 Å². The number of carbonyl (C=O) groups is 3. The normalized spacial score (nSPS) is 11.6. The molecule has 9 nitrogen and oxygen atoms in total. The number of nitro benzene ring substituents is 1. The summed E-state index contributed by atoms with van der Waals surface area (Å²) in [7, 11) is 0. The van der Waals surface area contributed by atoms with E-state index >= 15 is 0 Å². The number of rotatable bonds is 12. The second-order valence-corrected chi connectivity index (χ2v) is 12.7. The molecule has 0 aliphatic rings. The highest BCUT2D eigenvalue weighted by atomic mass is 32.2. The molecule has 3 amide bonds. The van der Waals surface area contributed by atoms with Gasteiger partial charge in [0.05, 0.1) is 4.92 Å². The Bertz CT molecular complexity index is 2210. The number of nitrogens with one attached hydrogen (secondary N) is 3. The molecule has 1 atom stereocenters. The average Bonchev–Trinajstić information content (AvgIpc) is 3.18. The van der Waals surface area contributed by atoms with Crippen molar-refractivity contribution in [2.45, 2.75) is 10.1 Å². The molecule has 6 rings (SSSR count). The van der Waals surface area contributed by atoms with E-state index in [4.69, 9.17) is 0 Å². The number of hydrogen-bond donors (Lipinski definition) is 3. The number of anilines is 2. The number of thioether (sulfide) groups is 1. The number of hydrogen-bond acceptors (Lipinski definition) is 6. The fourth-order valence-corrected chi connectivity index (χ4v) is 6.35. The maximum Gasteiger partial charge on any atom is 0.272 e. The van der Waals surface area contributed by atoms with Crippen LogP contribution in [-0.2, 0) is 9.59 Å². The van der Waals surface area contributed by atoms with Gasteiger partial charge in [0, 0.05) is 34.0 Å². The summed E-state index contributed by atoms with van der Waals surface area (Å²) in [6.07, 6.45) is 1.62. The van der Waals surface area contributed by atoms with Gasteiger partial charge in [0.15, 0.2) is 0 Å². The standard InChI is InChI=1S/C42H32N4O5S/c47-40(33-15-8-3-9-16-33)45-38(27-29-19-21-31(22-20-29)30-11-4-1-5-12-30)41(48)44-35-17-10-18-37(28-35)52-39(32-13-6-2-7-14-32)42(49)43-34-23-25-36(26-24-34)46(50)51/h1-28,39H,(H,43,49)(H,44,48)(H,45,47)/b38-27+. The highest BCUT2D eigenvalue weighted by Crippen LogP contribution is 2.37. The maximum absolute atomic E-state index is 13.8. The van der Waals surface area contributed by atoms with E-state index in [0.29, 0.717) is 27.4 Å². The molecule has 0 spiro atoms. The number of non-ortho nitro benzene ring substituents is 1. The summed E-state index contributed by atoms with van der Waals surface area (Å²) < 4.78 is 0. The van der Waals surface area contributed by atoms with Crippen LogP contribution in [0.1, 0.15) is 26.7 Å².